The van der Waals surface area contributed by atoms with Crippen molar-refractivity contribution in [1.82, 2.24) is 9.38 Å². The Bertz CT molecular complexity index is 749. The zero-order valence-corrected chi connectivity index (χ0v) is 10.1. The van der Waals surface area contributed by atoms with Gasteiger partial charge >= 0.3 is 0 Å². The second-order valence-electron chi connectivity index (χ2n) is 4.35. The molecule has 0 saturated carbocycles. The average molecular weight is 254 g/mol. The van der Waals surface area contributed by atoms with E-state index in [1.54, 1.807) is 40.9 Å². The highest BCUT2D eigenvalue weighted by atomic mass is 19.1. The molecule has 0 radical (unpaired) electrons. The van der Waals surface area contributed by atoms with Crippen LogP contribution in [-0.4, -0.2) is 15.7 Å². The second kappa shape index (κ2) is 4.65. The van der Waals surface area contributed by atoms with Crippen molar-refractivity contribution in [3.8, 4) is 0 Å². The molecule has 2 heterocycles. The summed E-state index contributed by atoms with van der Waals surface area (Å²) >= 11 is 0. The number of halogens is 1. The molecule has 0 fully saturated rings. The molecule has 0 N–H and O–H groups in total. The van der Waals surface area contributed by atoms with Gasteiger partial charge in [0.05, 0.1) is 5.69 Å². The Balaban J connectivity index is 1.98. The molecule has 94 valence electrons. The van der Waals surface area contributed by atoms with E-state index in [0.29, 0.717) is 17.5 Å². The maximum absolute atomic E-state index is 13.6. The third-order valence-electron chi connectivity index (χ3n) is 2.99. The summed E-state index contributed by atoms with van der Waals surface area (Å²) in [6.07, 6.45) is 4.75. The number of rotatable bonds is 3. The Morgan fingerprint density at radius 1 is 1.16 bits per heavy atom. The molecule has 0 spiro atoms. The van der Waals surface area contributed by atoms with Gasteiger partial charge in [0, 0.05) is 24.4 Å². The summed E-state index contributed by atoms with van der Waals surface area (Å²) in [5, 5.41) is 0. The number of carbonyl (C=O) groups is 1. The van der Waals surface area contributed by atoms with Crippen LogP contribution in [0.25, 0.3) is 5.65 Å². The molecule has 0 bridgehead atoms. The van der Waals surface area contributed by atoms with Gasteiger partial charge in [-0.15, -0.1) is 0 Å². The van der Waals surface area contributed by atoms with E-state index in [-0.39, 0.29) is 5.82 Å². The van der Waals surface area contributed by atoms with Crippen molar-refractivity contribution >= 4 is 11.9 Å². The van der Waals surface area contributed by atoms with Gasteiger partial charge in [-0.3, -0.25) is 4.79 Å². The molecule has 2 aromatic heterocycles. The Morgan fingerprint density at radius 2 is 2.00 bits per heavy atom. The van der Waals surface area contributed by atoms with Crippen LogP contribution >= 0.6 is 0 Å². The van der Waals surface area contributed by atoms with Crippen molar-refractivity contribution in [2.24, 2.45) is 0 Å². The van der Waals surface area contributed by atoms with Crippen molar-refractivity contribution < 1.29 is 9.18 Å². The third-order valence-corrected chi connectivity index (χ3v) is 2.99. The van der Waals surface area contributed by atoms with Crippen LogP contribution in [0.3, 0.4) is 0 Å². The quantitative estimate of drug-likeness (QED) is 0.673. The lowest BCUT2D eigenvalue weighted by atomic mass is 10.1. The summed E-state index contributed by atoms with van der Waals surface area (Å²) in [4.78, 5) is 15.1. The Kier molecular flexibility index (Phi) is 2.83. The van der Waals surface area contributed by atoms with Gasteiger partial charge in [0.2, 0.25) is 0 Å². The summed E-state index contributed by atoms with van der Waals surface area (Å²) in [7, 11) is 0. The topological polar surface area (TPSA) is 34.4 Å². The molecule has 19 heavy (non-hydrogen) atoms. The lowest BCUT2D eigenvalue weighted by Crippen LogP contribution is -1.91. The highest BCUT2D eigenvalue weighted by molar-refractivity contribution is 5.74. The normalized spacial score (nSPS) is 10.8. The highest BCUT2D eigenvalue weighted by Crippen LogP contribution is 2.14. The van der Waals surface area contributed by atoms with E-state index in [2.05, 4.69) is 4.98 Å². The smallest absolute Gasteiger partial charge is 0.151 e. The van der Waals surface area contributed by atoms with Gasteiger partial charge in [0.15, 0.2) is 6.29 Å². The molecule has 0 saturated heterocycles. The number of pyridine rings is 1. The molecule has 3 rings (SSSR count). The molecule has 0 aliphatic rings. The second-order valence-corrected chi connectivity index (χ2v) is 4.35. The first-order valence-corrected chi connectivity index (χ1v) is 5.92. The van der Waals surface area contributed by atoms with Crippen molar-refractivity contribution in [2.45, 2.75) is 6.42 Å². The van der Waals surface area contributed by atoms with E-state index < -0.39 is 0 Å². The van der Waals surface area contributed by atoms with Crippen LogP contribution in [0.2, 0.25) is 0 Å². The van der Waals surface area contributed by atoms with Crippen LogP contribution in [0, 0.1) is 5.82 Å². The van der Waals surface area contributed by atoms with E-state index in [0.717, 1.165) is 17.6 Å². The van der Waals surface area contributed by atoms with Gasteiger partial charge < -0.3 is 4.40 Å². The van der Waals surface area contributed by atoms with Crippen LogP contribution in [-0.2, 0) is 6.42 Å². The van der Waals surface area contributed by atoms with E-state index in [4.69, 9.17) is 0 Å². The molecule has 0 unspecified atom stereocenters. The summed E-state index contributed by atoms with van der Waals surface area (Å²) in [6, 6.07) is 10.1. The fourth-order valence-corrected chi connectivity index (χ4v) is 2.05. The average Bonchev–Trinajstić information content (AvgIpc) is 2.82. The van der Waals surface area contributed by atoms with Gasteiger partial charge in [-0.25, -0.2) is 9.37 Å². The summed E-state index contributed by atoms with van der Waals surface area (Å²) in [5.41, 5.74) is 2.72. The Labute approximate surface area is 109 Å². The Morgan fingerprint density at radius 3 is 2.79 bits per heavy atom. The molecular formula is C15H11FN2O. The third kappa shape index (κ3) is 2.25. The first-order chi connectivity index (χ1) is 9.26. The molecule has 1 aromatic carbocycles. The molecule has 0 amide bonds. The fraction of sp³-hybridized carbons (Fsp3) is 0.0667. The fourth-order valence-electron chi connectivity index (χ4n) is 2.05. The van der Waals surface area contributed by atoms with Gasteiger partial charge in [0.1, 0.15) is 11.5 Å². The first kappa shape index (κ1) is 11.6. The molecule has 0 aliphatic carbocycles. The van der Waals surface area contributed by atoms with Crippen LogP contribution in [0.5, 0.6) is 0 Å². The van der Waals surface area contributed by atoms with Crippen LogP contribution in [0.1, 0.15) is 21.6 Å². The predicted molar refractivity (Wildman–Crippen MR) is 69.8 cm³/mol. The number of nitrogens with zero attached hydrogens (tertiary/aromatic N) is 2. The zero-order chi connectivity index (χ0) is 13.2. The molecule has 4 heteroatoms. The van der Waals surface area contributed by atoms with Gasteiger partial charge in [0.25, 0.3) is 0 Å². The van der Waals surface area contributed by atoms with E-state index in [1.807, 2.05) is 6.20 Å². The number of aldehydes is 1. The monoisotopic (exact) mass is 254 g/mol. The van der Waals surface area contributed by atoms with Gasteiger partial charge in [-0.1, -0.05) is 18.2 Å². The van der Waals surface area contributed by atoms with Crippen molar-refractivity contribution in [3.63, 3.8) is 0 Å². The van der Waals surface area contributed by atoms with Gasteiger partial charge in [-0.2, -0.15) is 0 Å². The number of imidazole rings is 1. The summed E-state index contributed by atoms with van der Waals surface area (Å²) < 4.78 is 15.3. The molecule has 3 nitrogen and oxygen atoms in total. The summed E-state index contributed by atoms with van der Waals surface area (Å²) in [5.74, 6) is -0.229. The van der Waals surface area contributed by atoms with Crippen LogP contribution in [0.15, 0.2) is 48.8 Å². The number of hydrogen-bond donors (Lipinski definition) is 0. The van der Waals surface area contributed by atoms with Crippen molar-refractivity contribution in [2.75, 3.05) is 0 Å². The largest absolute Gasteiger partial charge is 0.306 e. The van der Waals surface area contributed by atoms with Crippen molar-refractivity contribution in [3.05, 3.63) is 71.4 Å². The number of fused-ring (bicyclic) bond motifs is 1. The molecule has 0 aliphatic heterocycles. The maximum Gasteiger partial charge on any atom is 0.151 e. The minimum atomic E-state index is -0.229. The standard InChI is InChI=1S/C15H11FN2O/c16-14-4-2-1-3-12(14)7-13-9-18-8-11(10-19)5-6-15(18)17-13/h1-6,8-10H,7H2. The Hall–Kier alpha value is -2.49. The predicted octanol–water partition coefficient (Wildman–Crippen LogP) is 2.88. The zero-order valence-electron chi connectivity index (χ0n) is 10.1. The van der Waals surface area contributed by atoms with E-state index in [1.165, 1.54) is 6.07 Å². The number of benzene rings is 1. The SMILES string of the molecule is O=Cc1ccc2nc(Cc3ccccc3F)cn2c1. The molecule has 0 atom stereocenters. The minimum absolute atomic E-state index is 0.229. The van der Waals surface area contributed by atoms with Crippen molar-refractivity contribution in [1.29, 1.82) is 0 Å². The number of aromatic nitrogens is 2. The highest BCUT2D eigenvalue weighted by Gasteiger charge is 2.06. The first-order valence-electron chi connectivity index (χ1n) is 5.92. The lowest BCUT2D eigenvalue weighted by Gasteiger charge is -1.98. The lowest BCUT2D eigenvalue weighted by molar-refractivity contribution is 0.112. The molecular weight excluding hydrogens is 243 g/mol. The van der Waals surface area contributed by atoms with Crippen LogP contribution < -0.4 is 0 Å². The maximum atomic E-state index is 13.6. The minimum Gasteiger partial charge on any atom is -0.306 e. The summed E-state index contributed by atoms with van der Waals surface area (Å²) in [6.45, 7) is 0. The molecule has 3 aromatic rings. The van der Waals surface area contributed by atoms with Crippen LogP contribution in [0.4, 0.5) is 4.39 Å². The number of hydrogen-bond acceptors (Lipinski definition) is 2. The number of carbonyl (C=O) groups excluding carboxylic acids is 1. The van der Waals surface area contributed by atoms with E-state index >= 15 is 0 Å². The van der Waals surface area contributed by atoms with Gasteiger partial charge in [-0.05, 0) is 23.8 Å². The van der Waals surface area contributed by atoms with E-state index in [9.17, 15) is 9.18 Å².